The molecule has 1 amide bonds. The molecule has 0 bridgehead atoms. The van der Waals surface area contributed by atoms with Gasteiger partial charge in [-0.05, 0) is 24.6 Å². The Bertz CT molecular complexity index is 377. The molecule has 1 rings (SSSR count). The third kappa shape index (κ3) is 4.44. The number of amides is 1. The van der Waals surface area contributed by atoms with Gasteiger partial charge in [0.05, 0.1) is 0 Å². The first kappa shape index (κ1) is 13.5. The van der Waals surface area contributed by atoms with E-state index in [1.54, 1.807) is 0 Å². The highest BCUT2D eigenvalue weighted by Gasteiger charge is 2.08. The summed E-state index contributed by atoms with van der Waals surface area (Å²) in [5.41, 5.74) is 7.60. The van der Waals surface area contributed by atoms with Crippen LogP contribution in [0.3, 0.4) is 0 Å². The minimum Gasteiger partial charge on any atom is -0.378 e. The quantitative estimate of drug-likeness (QED) is 0.818. The van der Waals surface area contributed by atoms with Crippen molar-refractivity contribution in [1.29, 1.82) is 0 Å². The molecular formula is C13H21N3O. The number of carbonyl (C=O) groups is 1. The Morgan fingerprint density at radius 2 is 2.18 bits per heavy atom. The van der Waals surface area contributed by atoms with Crippen LogP contribution < -0.4 is 16.0 Å². The maximum absolute atomic E-state index is 11.7. The monoisotopic (exact) mass is 235 g/mol. The average Bonchev–Trinajstić information content (AvgIpc) is 2.28. The number of carbonyl (C=O) groups excluding carboxylic acids is 1. The second kappa shape index (κ2) is 6.25. The zero-order valence-electron chi connectivity index (χ0n) is 10.7. The number of nitrogens with one attached hydrogen (secondary N) is 1. The first-order chi connectivity index (χ1) is 8.02. The summed E-state index contributed by atoms with van der Waals surface area (Å²) >= 11 is 0. The molecule has 0 spiro atoms. The van der Waals surface area contributed by atoms with Gasteiger partial charge in [-0.3, -0.25) is 4.79 Å². The second-order valence-electron chi connectivity index (χ2n) is 4.37. The van der Waals surface area contributed by atoms with E-state index < -0.39 is 0 Å². The number of rotatable bonds is 5. The summed E-state index contributed by atoms with van der Waals surface area (Å²) in [7, 11) is 3.93. The second-order valence-corrected chi connectivity index (χ2v) is 4.37. The molecule has 0 fully saturated rings. The molecular weight excluding hydrogens is 214 g/mol. The van der Waals surface area contributed by atoms with Crippen LogP contribution in [0.15, 0.2) is 24.3 Å². The molecule has 1 aromatic carbocycles. The third-order valence-corrected chi connectivity index (χ3v) is 2.62. The van der Waals surface area contributed by atoms with E-state index in [0.717, 1.165) is 17.8 Å². The van der Waals surface area contributed by atoms with E-state index in [-0.39, 0.29) is 11.9 Å². The largest absolute Gasteiger partial charge is 0.378 e. The Hall–Kier alpha value is -1.55. The topological polar surface area (TPSA) is 58.4 Å². The number of nitrogens with zero attached hydrogens (tertiary/aromatic N) is 1. The fourth-order valence-corrected chi connectivity index (χ4v) is 1.46. The molecule has 0 aromatic heterocycles. The maximum atomic E-state index is 11.7. The van der Waals surface area contributed by atoms with Crippen molar-refractivity contribution in [3.8, 4) is 0 Å². The van der Waals surface area contributed by atoms with Crippen LogP contribution in [0.5, 0.6) is 0 Å². The molecule has 4 nitrogen and oxygen atoms in total. The van der Waals surface area contributed by atoms with Gasteiger partial charge in [0.15, 0.2) is 0 Å². The Morgan fingerprint density at radius 1 is 1.47 bits per heavy atom. The molecule has 1 aromatic rings. The average molecular weight is 235 g/mol. The standard InChI is InChI=1S/C13H21N3O/c1-4-10(14)8-13(17)15-11-6-5-7-12(9-11)16(2)3/h5-7,9-10H,4,8,14H2,1-3H3,(H,15,17). The lowest BCUT2D eigenvalue weighted by molar-refractivity contribution is -0.116. The van der Waals surface area contributed by atoms with Crippen molar-refractivity contribution in [1.82, 2.24) is 0 Å². The lowest BCUT2D eigenvalue weighted by Crippen LogP contribution is -2.26. The smallest absolute Gasteiger partial charge is 0.225 e. The summed E-state index contributed by atoms with van der Waals surface area (Å²) in [6.07, 6.45) is 1.17. The summed E-state index contributed by atoms with van der Waals surface area (Å²) in [6, 6.07) is 7.67. The Kier molecular flexibility index (Phi) is 4.97. The first-order valence-corrected chi connectivity index (χ1v) is 5.85. The molecule has 94 valence electrons. The van der Waals surface area contributed by atoms with Crippen LogP contribution in [0.1, 0.15) is 19.8 Å². The molecule has 0 radical (unpaired) electrons. The molecule has 3 N–H and O–H groups in total. The van der Waals surface area contributed by atoms with Crippen molar-refractivity contribution < 1.29 is 4.79 Å². The van der Waals surface area contributed by atoms with Gasteiger partial charge in [0, 0.05) is 37.9 Å². The number of hydrogen-bond acceptors (Lipinski definition) is 3. The summed E-state index contributed by atoms with van der Waals surface area (Å²) < 4.78 is 0. The normalized spacial score (nSPS) is 12.0. The van der Waals surface area contributed by atoms with Crippen LogP contribution in [0, 0.1) is 0 Å². The number of nitrogens with two attached hydrogens (primary N) is 1. The van der Waals surface area contributed by atoms with Crippen LogP contribution >= 0.6 is 0 Å². The van der Waals surface area contributed by atoms with Crippen molar-refractivity contribution in [2.45, 2.75) is 25.8 Å². The van der Waals surface area contributed by atoms with Crippen molar-refractivity contribution >= 4 is 17.3 Å². The molecule has 0 heterocycles. The van der Waals surface area contributed by atoms with E-state index in [0.29, 0.717) is 6.42 Å². The third-order valence-electron chi connectivity index (χ3n) is 2.62. The van der Waals surface area contributed by atoms with Gasteiger partial charge in [-0.25, -0.2) is 0 Å². The summed E-state index contributed by atoms with van der Waals surface area (Å²) in [4.78, 5) is 13.7. The van der Waals surface area contributed by atoms with Gasteiger partial charge >= 0.3 is 0 Å². The highest BCUT2D eigenvalue weighted by Crippen LogP contribution is 2.17. The molecule has 0 aliphatic rings. The van der Waals surface area contributed by atoms with Crippen LogP contribution in [0.4, 0.5) is 11.4 Å². The fraction of sp³-hybridized carbons (Fsp3) is 0.462. The lowest BCUT2D eigenvalue weighted by Gasteiger charge is -2.14. The van der Waals surface area contributed by atoms with Gasteiger partial charge in [0.1, 0.15) is 0 Å². The highest BCUT2D eigenvalue weighted by atomic mass is 16.1. The summed E-state index contributed by atoms with van der Waals surface area (Å²) in [5, 5.41) is 2.86. The Morgan fingerprint density at radius 3 is 2.76 bits per heavy atom. The van der Waals surface area contributed by atoms with E-state index in [4.69, 9.17) is 5.73 Å². The molecule has 0 saturated heterocycles. The maximum Gasteiger partial charge on any atom is 0.225 e. The SMILES string of the molecule is CCC(N)CC(=O)Nc1cccc(N(C)C)c1. The van der Waals surface area contributed by atoms with Crippen LogP contribution in [-0.4, -0.2) is 26.0 Å². The molecule has 1 unspecified atom stereocenters. The number of hydrogen-bond donors (Lipinski definition) is 2. The van der Waals surface area contributed by atoms with Gasteiger partial charge in [-0.1, -0.05) is 13.0 Å². The van der Waals surface area contributed by atoms with Crippen molar-refractivity contribution in [2.24, 2.45) is 5.73 Å². The molecule has 4 heteroatoms. The highest BCUT2D eigenvalue weighted by molar-refractivity contribution is 5.91. The zero-order chi connectivity index (χ0) is 12.8. The summed E-state index contributed by atoms with van der Waals surface area (Å²) in [5.74, 6) is -0.0322. The van der Waals surface area contributed by atoms with Crippen molar-refractivity contribution in [2.75, 3.05) is 24.3 Å². The van der Waals surface area contributed by atoms with Crippen LogP contribution in [0.25, 0.3) is 0 Å². The van der Waals surface area contributed by atoms with Gasteiger partial charge in [0.25, 0.3) is 0 Å². The summed E-state index contributed by atoms with van der Waals surface area (Å²) in [6.45, 7) is 1.98. The predicted octanol–water partition coefficient (Wildman–Crippen LogP) is 1.82. The first-order valence-electron chi connectivity index (χ1n) is 5.85. The zero-order valence-corrected chi connectivity index (χ0v) is 10.7. The van der Waals surface area contributed by atoms with Crippen LogP contribution in [-0.2, 0) is 4.79 Å². The lowest BCUT2D eigenvalue weighted by atomic mass is 10.1. The van der Waals surface area contributed by atoms with E-state index in [1.165, 1.54) is 0 Å². The van der Waals surface area contributed by atoms with Crippen molar-refractivity contribution in [3.05, 3.63) is 24.3 Å². The van der Waals surface area contributed by atoms with Gasteiger partial charge in [-0.15, -0.1) is 0 Å². The molecule has 0 saturated carbocycles. The van der Waals surface area contributed by atoms with E-state index in [2.05, 4.69) is 5.32 Å². The number of benzene rings is 1. The molecule has 17 heavy (non-hydrogen) atoms. The van der Waals surface area contributed by atoms with E-state index in [1.807, 2.05) is 50.2 Å². The minimum absolute atomic E-state index is 0.0322. The Labute approximate surface area is 103 Å². The van der Waals surface area contributed by atoms with Gasteiger partial charge < -0.3 is 16.0 Å². The minimum atomic E-state index is -0.0629. The van der Waals surface area contributed by atoms with Gasteiger partial charge in [0.2, 0.25) is 5.91 Å². The molecule has 0 aliphatic heterocycles. The van der Waals surface area contributed by atoms with Gasteiger partial charge in [-0.2, -0.15) is 0 Å². The predicted molar refractivity (Wildman–Crippen MR) is 72.3 cm³/mol. The van der Waals surface area contributed by atoms with E-state index >= 15 is 0 Å². The van der Waals surface area contributed by atoms with Crippen LogP contribution in [0.2, 0.25) is 0 Å². The number of anilines is 2. The molecule has 0 aliphatic carbocycles. The fourth-order valence-electron chi connectivity index (χ4n) is 1.46. The van der Waals surface area contributed by atoms with Crippen molar-refractivity contribution in [3.63, 3.8) is 0 Å². The Balaban J connectivity index is 2.62. The van der Waals surface area contributed by atoms with E-state index in [9.17, 15) is 4.79 Å². The molecule has 1 atom stereocenters.